The summed E-state index contributed by atoms with van der Waals surface area (Å²) in [6.45, 7) is 0. The standard InChI is InChI=1S/C65H47N5/c66-39-51-61(67-52-25-9-1-17-43(52)44-18-2-10-26-53(44)67)63(69-56-29-13-5-21-47(56)48-22-6-14-30-57(48)69)60(65-36-40-33-41(37-65)35-42(34-40)38-65)64(70-58-31-15-7-23-49(58)50-24-8-16-32-59(50)70)62(51)68-54-27-11-3-19-45(54)46-20-4-12-28-55(46)68/h1-32,40-42H,33-38H2. The maximum absolute atomic E-state index is 12.8. The number of nitriles is 1. The van der Waals surface area contributed by atoms with Gasteiger partial charge in [-0.3, -0.25) is 0 Å². The molecule has 0 saturated heterocycles. The van der Waals surface area contributed by atoms with Gasteiger partial charge >= 0.3 is 0 Å². The molecule has 5 heteroatoms. The smallest absolute Gasteiger partial charge is 0.104 e. The average molecular weight is 898 g/mol. The van der Waals surface area contributed by atoms with Crippen molar-refractivity contribution in [1.29, 1.82) is 5.26 Å². The van der Waals surface area contributed by atoms with Gasteiger partial charge in [0.05, 0.1) is 66.9 Å². The fourth-order valence-corrected chi connectivity index (χ4v) is 15.2. The SMILES string of the molecule is N#Cc1c(-n2c3ccccc3c3ccccc32)c(-n2c3ccccc3c3ccccc32)c(C23CC4CC(CC(C4)C2)C3)c(-n2c3ccccc3c3ccccc32)c1-n1c2ccccc2c2ccccc21. The first-order valence-electron chi connectivity index (χ1n) is 25.3. The van der Waals surface area contributed by atoms with E-state index in [1.54, 1.807) is 0 Å². The highest BCUT2D eigenvalue weighted by molar-refractivity contribution is 6.15. The molecule has 9 aromatic carbocycles. The van der Waals surface area contributed by atoms with Gasteiger partial charge in [0, 0.05) is 54.1 Å². The van der Waals surface area contributed by atoms with Gasteiger partial charge in [0.2, 0.25) is 0 Å². The van der Waals surface area contributed by atoms with Gasteiger partial charge in [-0.2, -0.15) is 5.26 Å². The van der Waals surface area contributed by atoms with Crippen LogP contribution in [0.1, 0.15) is 49.7 Å². The van der Waals surface area contributed by atoms with E-state index in [0.717, 1.165) is 86.1 Å². The molecule has 13 aromatic rings. The van der Waals surface area contributed by atoms with E-state index in [9.17, 15) is 5.26 Å². The fraction of sp³-hybridized carbons (Fsp3) is 0.154. The van der Waals surface area contributed by atoms with Crippen molar-refractivity contribution in [2.24, 2.45) is 17.8 Å². The summed E-state index contributed by atoms with van der Waals surface area (Å²) in [4.78, 5) is 0. The summed E-state index contributed by atoms with van der Waals surface area (Å²) in [6, 6.07) is 74.6. The topological polar surface area (TPSA) is 43.5 Å². The van der Waals surface area contributed by atoms with E-state index in [-0.39, 0.29) is 5.41 Å². The molecule has 4 fully saturated rings. The van der Waals surface area contributed by atoms with Crippen LogP contribution in [0.15, 0.2) is 194 Å². The molecule has 4 bridgehead atoms. The Labute approximate surface area is 404 Å². The quantitative estimate of drug-likeness (QED) is 0.170. The lowest BCUT2D eigenvalue weighted by molar-refractivity contribution is -0.00512. The summed E-state index contributed by atoms with van der Waals surface area (Å²) in [5.74, 6) is 1.94. The summed E-state index contributed by atoms with van der Waals surface area (Å²) in [5.41, 5.74) is 14.9. The van der Waals surface area contributed by atoms with Crippen molar-refractivity contribution in [3.63, 3.8) is 0 Å². The van der Waals surface area contributed by atoms with Crippen LogP contribution in [0.4, 0.5) is 0 Å². The minimum absolute atomic E-state index is 0.201. The average Bonchev–Trinajstić information content (AvgIpc) is 4.13. The molecule has 17 rings (SSSR count). The molecule has 0 aliphatic heterocycles. The van der Waals surface area contributed by atoms with E-state index < -0.39 is 0 Å². The van der Waals surface area contributed by atoms with Gasteiger partial charge in [-0.15, -0.1) is 0 Å². The number of hydrogen-bond acceptors (Lipinski definition) is 1. The first-order valence-corrected chi connectivity index (χ1v) is 25.3. The molecule has 0 atom stereocenters. The van der Waals surface area contributed by atoms with E-state index in [0.29, 0.717) is 23.3 Å². The van der Waals surface area contributed by atoms with Crippen LogP contribution >= 0.6 is 0 Å². The number of benzene rings is 9. The minimum atomic E-state index is -0.201. The predicted molar refractivity (Wildman–Crippen MR) is 288 cm³/mol. The molecule has 4 heterocycles. The molecule has 0 radical (unpaired) electrons. The summed E-state index contributed by atoms with van der Waals surface area (Å²) < 4.78 is 10.2. The molecule has 332 valence electrons. The van der Waals surface area contributed by atoms with E-state index in [4.69, 9.17) is 0 Å². The van der Waals surface area contributed by atoms with Crippen LogP contribution < -0.4 is 0 Å². The number of nitrogens with zero attached hydrogens (tertiary/aromatic N) is 5. The second-order valence-electron chi connectivity index (χ2n) is 20.9. The van der Waals surface area contributed by atoms with Gasteiger partial charge < -0.3 is 18.3 Å². The highest BCUT2D eigenvalue weighted by Gasteiger charge is 2.55. The van der Waals surface area contributed by atoms with Gasteiger partial charge in [0.15, 0.2) is 0 Å². The number of aromatic nitrogens is 4. The Morgan fingerprint density at radius 3 is 0.757 bits per heavy atom. The zero-order valence-electron chi connectivity index (χ0n) is 38.7. The Morgan fingerprint density at radius 1 is 0.314 bits per heavy atom. The van der Waals surface area contributed by atoms with E-state index >= 15 is 0 Å². The van der Waals surface area contributed by atoms with Crippen molar-refractivity contribution in [2.75, 3.05) is 0 Å². The molecule has 70 heavy (non-hydrogen) atoms. The number of rotatable bonds is 5. The first-order chi connectivity index (χ1) is 34.7. The zero-order chi connectivity index (χ0) is 45.8. The molecule has 4 aliphatic carbocycles. The van der Waals surface area contributed by atoms with Crippen molar-refractivity contribution in [1.82, 2.24) is 18.3 Å². The van der Waals surface area contributed by atoms with Crippen molar-refractivity contribution in [2.45, 2.75) is 43.9 Å². The van der Waals surface area contributed by atoms with Crippen molar-refractivity contribution >= 4 is 87.2 Å². The van der Waals surface area contributed by atoms with Crippen LogP contribution in [0.3, 0.4) is 0 Å². The number of para-hydroxylation sites is 8. The van der Waals surface area contributed by atoms with E-state index in [1.807, 2.05) is 0 Å². The van der Waals surface area contributed by atoms with Gasteiger partial charge in [-0.1, -0.05) is 146 Å². The van der Waals surface area contributed by atoms with Crippen molar-refractivity contribution < 1.29 is 0 Å². The van der Waals surface area contributed by atoms with E-state index in [1.165, 1.54) is 67.9 Å². The summed E-state index contributed by atoms with van der Waals surface area (Å²) >= 11 is 0. The van der Waals surface area contributed by atoms with Crippen LogP contribution in [-0.4, -0.2) is 18.3 Å². The second-order valence-corrected chi connectivity index (χ2v) is 20.9. The highest BCUT2D eigenvalue weighted by Crippen LogP contribution is 2.64. The van der Waals surface area contributed by atoms with Gasteiger partial charge in [-0.25, -0.2) is 0 Å². The molecule has 0 spiro atoms. The molecule has 4 aromatic heterocycles. The molecule has 0 amide bonds. The molecule has 5 nitrogen and oxygen atoms in total. The normalized spacial score (nSPS) is 19.8. The Kier molecular flexibility index (Phi) is 7.79. The van der Waals surface area contributed by atoms with Gasteiger partial charge in [0.1, 0.15) is 11.6 Å². The Bertz CT molecular complexity index is 3930. The van der Waals surface area contributed by atoms with Crippen LogP contribution in [0.2, 0.25) is 0 Å². The summed E-state index contributed by atoms with van der Waals surface area (Å²) in [7, 11) is 0. The third-order valence-electron chi connectivity index (χ3n) is 17.3. The number of fused-ring (bicyclic) bond motifs is 12. The lowest BCUT2D eigenvalue weighted by Crippen LogP contribution is -2.49. The summed E-state index contributed by atoms with van der Waals surface area (Å²) in [5, 5.41) is 22.4. The molecular formula is C65H47N5. The maximum atomic E-state index is 12.8. The predicted octanol–water partition coefficient (Wildman–Crippen LogP) is 16.4. The minimum Gasteiger partial charge on any atom is -0.307 e. The fourth-order valence-electron chi connectivity index (χ4n) is 15.2. The zero-order valence-corrected chi connectivity index (χ0v) is 38.7. The first kappa shape index (κ1) is 38.6. The molecular weight excluding hydrogens is 851 g/mol. The van der Waals surface area contributed by atoms with E-state index in [2.05, 4.69) is 218 Å². The molecule has 4 saturated carbocycles. The Morgan fingerprint density at radius 2 is 0.529 bits per heavy atom. The Hall–Kier alpha value is -8.33. The third-order valence-corrected chi connectivity index (χ3v) is 17.3. The van der Waals surface area contributed by atoms with Crippen LogP contribution in [0.25, 0.3) is 110 Å². The van der Waals surface area contributed by atoms with Crippen LogP contribution in [0, 0.1) is 29.1 Å². The second kappa shape index (κ2) is 14.1. The van der Waals surface area contributed by atoms with Crippen LogP contribution in [0.5, 0.6) is 0 Å². The lowest BCUT2D eigenvalue weighted by atomic mass is 9.47. The molecule has 0 unspecified atom stereocenters. The van der Waals surface area contributed by atoms with Gasteiger partial charge in [-0.05, 0) is 105 Å². The third kappa shape index (κ3) is 5.00. The lowest BCUT2D eigenvalue weighted by Gasteiger charge is -2.58. The van der Waals surface area contributed by atoms with Gasteiger partial charge in [0.25, 0.3) is 0 Å². The largest absolute Gasteiger partial charge is 0.307 e. The van der Waals surface area contributed by atoms with Crippen molar-refractivity contribution in [3.05, 3.63) is 205 Å². The highest BCUT2D eigenvalue weighted by atomic mass is 15.1. The molecule has 0 N–H and O–H groups in total. The number of hydrogen-bond donors (Lipinski definition) is 0. The summed E-state index contributed by atoms with van der Waals surface area (Å²) in [6.07, 6.45) is 7.30. The van der Waals surface area contributed by atoms with Crippen LogP contribution in [-0.2, 0) is 5.41 Å². The monoisotopic (exact) mass is 897 g/mol. The van der Waals surface area contributed by atoms with Crippen molar-refractivity contribution in [3.8, 4) is 28.8 Å². The molecule has 4 aliphatic rings. The maximum Gasteiger partial charge on any atom is 0.104 e. The Balaban J connectivity index is 1.26.